The Morgan fingerprint density at radius 2 is 1.70 bits per heavy atom. The van der Waals surface area contributed by atoms with E-state index in [1.807, 2.05) is 4.90 Å². The zero-order chi connectivity index (χ0) is 21.7. The van der Waals surface area contributed by atoms with E-state index in [-0.39, 0.29) is 22.1 Å². The average Bonchev–Trinajstić information content (AvgIpc) is 2.74. The maximum Gasteiger partial charge on any atom is 0.271 e. The Morgan fingerprint density at radius 3 is 2.37 bits per heavy atom. The second-order valence-corrected chi connectivity index (χ2v) is 6.68. The van der Waals surface area contributed by atoms with Gasteiger partial charge in [-0.1, -0.05) is 6.07 Å². The number of ether oxygens (including phenoxy) is 1. The van der Waals surface area contributed by atoms with Crippen LogP contribution in [-0.2, 0) is 4.74 Å². The number of carbonyl (C=O) groups is 1. The largest absolute Gasteiger partial charge is 0.378 e. The van der Waals surface area contributed by atoms with Crippen LogP contribution in [0.25, 0.3) is 0 Å². The second kappa shape index (κ2) is 9.24. The van der Waals surface area contributed by atoms with Crippen molar-refractivity contribution in [1.82, 2.24) is 5.32 Å². The highest BCUT2D eigenvalue weighted by molar-refractivity contribution is 7.80. The molecule has 0 saturated carbocycles. The molecule has 11 nitrogen and oxygen atoms in total. The number of nitrogens with zero attached hydrogens (tertiary/aromatic N) is 3. The molecule has 3 rings (SSSR count). The predicted octanol–water partition coefficient (Wildman–Crippen LogP) is 2.47. The molecular formula is C18H17N5O6S. The number of rotatable bonds is 5. The topological polar surface area (TPSA) is 140 Å². The quantitative estimate of drug-likeness (QED) is 0.415. The molecule has 156 valence electrons. The van der Waals surface area contributed by atoms with Crippen molar-refractivity contribution in [2.75, 3.05) is 36.5 Å². The first-order chi connectivity index (χ1) is 14.3. The number of nitro benzene ring substituents is 2. The van der Waals surface area contributed by atoms with Crippen LogP contribution in [0, 0.1) is 20.2 Å². The Kier molecular flexibility index (Phi) is 6.49. The van der Waals surface area contributed by atoms with Crippen molar-refractivity contribution in [3.8, 4) is 0 Å². The van der Waals surface area contributed by atoms with Crippen molar-refractivity contribution in [2.24, 2.45) is 0 Å². The van der Waals surface area contributed by atoms with Gasteiger partial charge in [0.05, 0.1) is 34.3 Å². The van der Waals surface area contributed by atoms with Crippen LogP contribution < -0.4 is 15.5 Å². The number of morpholine rings is 1. The molecule has 1 fully saturated rings. The standard InChI is InChI=1S/C18H17N5O6S/c24-17(20-18(30)19-12-2-1-3-13(10-12)22(25)26)15-11-14(23(27)28)4-5-16(15)21-6-8-29-9-7-21/h1-5,10-11H,6-9H2,(H2,19,20,24,30). The Labute approximate surface area is 175 Å². The van der Waals surface area contributed by atoms with Crippen LogP contribution in [-0.4, -0.2) is 47.2 Å². The maximum absolute atomic E-state index is 12.8. The minimum absolute atomic E-state index is 0.0919. The lowest BCUT2D eigenvalue weighted by atomic mass is 10.1. The van der Waals surface area contributed by atoms with E-state index in [9.17, 15) is 25.0 Å². The molecule has 0 spiro atoms. The molecule has 0 atom stereocenters. The summed E-state index contributed by atoms with van der Waals surface area (Å²) < 4.78 is 5.31. The third-order valence-electron chi connectivity index (χ3n) is 4.33. The van der Waals surface area contributed by atoms with Crippen LogP contribution >= 0.6 is 12.2 Å². The smallest absolute Gasteiger partial charge is 0.271 e. The van der Waals surface area contributed by atoms with Crippen LogP contribution in [0.4, 0.5) is 22.7 Å². The van der Waals surface area contributed by atoms with E-state index in [0.29, 0.717) is 37.7 Å². The first kappa shape index (κ1) is 21.1. The summed E-state index contributed by atoms with van der Waals surface area (Å²) in [5.41, 5.74) is 0.577. The van der Waals surface area contributed by atoms with Crippen molar-refractivity contribution in [3.63, 3.8) is 0 Å². The molecule has 30 heavy (non-hydrogen) atoms. The average molecular weight is 431 g/mol. The minimum atomic E-state index is -0.636. The van der Waals surface area contributed by atoms with Gasteiger partial charge in [0.15, 0.2) is 5.11 Å². The first-order valence-electron chi connectivity index (χ1n) is 8.83. The lowest BCUT2D eigenvalue weighted by Gasteiger charge is -2.30. The van der Waals surface area contributed by atoms with Crippen molar-refractivity contribution >= 4 is 46.0 Å². The molecule has 2 aromatic carbocycles. The highest BCUT2D eigenvalue weighted by Gasteiger charge is 2.22. The van der Waals surface area contributed by atoms with E-state index in [1.165, 1.54) is 36.4 Å². The Balaban J connectivity index is 1.80. The summed E-state index contributed by atoms with van der Waals surface area (Å²) in [6, 6.07) is 9.67. The third-order valence-corrected chi connectivity index (χ3v) is 4.53. The number of carbonyl (C=O) groups excluding carboxylic acids is 1. The number of nitro groups is 2. The van der Waals surface area contributed by atoms with E-state index in [1.54, 1.807) is 6.07 Å². The molecule has 0 aromatic heterocycles. The molecular weight excluding hydrogens is 414 g/mol. The summed E-state index contributed by atoms with van der Waals surface area (Å²) in [7, 11) is 0. The van der Waals surface area contributed by atoms with E-state index in [2.05, 4.69) is 10.6 Å². The normalized spacial score (nSPS) is 13.4. The highest BCUT2D eigenvalue weighted by atomic mass is 32.1. The van der Waals surface area contributed by atoms with E-state index < -0.39 is 15.8 Å². The number of thiocarbonyl (C=S) groups is 1. The molecule has 0 aliphatic carbocycles. The molecule has 2 N–H and O–H groups in total. The van der Waals surface area contributed by atoms with Gasteiger partial charge in [-0.3, -0.25) is 30.3 Å². The molecule has 12 heteroatoms. The first-order valence-corrected chi connectivity index (χ1v) is 9.24. The molecule has 0 radical (unpaired) electrons. The predicted molar refractivity (Wildman–Crippen MR) is 113 cm³/mol. The van der Waals surface area contributed by atoms with Crippen LogP contribution in [0.2, 0.25) is 0 Å². The molecule has 1 aliphatic rings. The monoisotopic (exact) mass is 431 g/mol. The second-order valence-electron chi connectivity index (χ2n) is 6.27. The van der Waals surface area contributed by atoms with Crippen LogP contribution in [0.5, 0.6) is 0 Å². The van der Waals surface area contributed by atoms with Crippen molar-refractivity contribution in [3.05, 3.63) is 68.3 Å². The van der Waals surface area contributed by atoms with Crippen LogP contribution in [0.1, 0.15) is 10.4 Å². The van der Waals surface area contributed by atoms with Crippen LogP contribution in [0.15, 0.2) is 42.5 Å². The molecule has 0 unspecified atom stereocenters. The fourth-order valence-corrected chi connectivity index (χ4v) is 3.14. The minimum Gasteiger partial charge on any atom is -0.378 e. The fourth-order valence-electron chi connectivity index (χ4n) is 2.93. The van der Waals surface area contributed by atoms with Gasteiger partial charge >= 0.3 is 0 Å². The summed E-state index contributed by atoms with van der Waals surface area (Å²) in [4.78, 5) is 35.6. The molecule has 0 bridgehead atoms. The zero-order valence-electron chi connectivity index (χ0n) is 15.6. The number of non-ortho nitro benzene ring substituents is 2. The van der Waals surface area contributed by atoms with Gasteiger partial charge in [-0.05, 0) is 24.4 Å². The van der Waals surface area contributed by atoms with E-state index in [4.69, 9.17) is 17.0 Å². The summed E-state index contributed by atoms with van der Waals surface area (Å²) in [5, 5.41) is 27.1. The summed E-state index contributed by atoms with van der Waals surface area (Å²) in [6.45, 7) is 2.03. The van der Waals surface area contributed by atoms with Gasteiger partial charge in [0.25, 0.3) is 17.3 Å². The van der Waals surface area contributed by atoms with Crippen molar-refractivity contribution in [1.29, 1.82) is 0 Å². The van der Waals surface area contributed by atoms with Gasteiger partial charge in [-0.25, -0.2) is 0 Å². The summed E-state index contributed by atoms with van der Waals surface area (Å²) in [5.74, 6) is -0.636. The van der Waals surface area contributed by atoms with Gasteiger partial charge in [0.1, 0.15) is 0 Å². The summed E-state index contributed by atoms with van der Waals surface area (Å²) in [6.07, 6.45) is 0. The van der Waals surface area contributed by atoms with E-state index >= 15 is 0 Å². The molecule has 1 heterocycles. The molecule has 1 saturated heterocycles. The lowest BCUT2D eigenvalue weighted by Crippen LogP contribution is -2.39. The fraction of sp³-hybridized carbons (Fsp3) is 0.222. The van der Waals surface area contributed by atoms with Gasteiger partial charge < -0.3 is 15.0 Å². The van der Waals surface area contributed by atoms with E-state index in [0.717, 1.165) is 0 Å². The Morgan fingerprint density at radius 1 is 1.03 bits per heavy atom. The highest BCUT2D eigenvalue weighted by Crippen LogP contribution is 2.26. The Bertz CT molecular complexity index is 1010. The molecule has 1 amide bonds. The van der Waals surface area contributed by atoms with Crippen LogP contribution in [0.3, 0.4) is 0 Å². The van der Waals surface area contributed by atoms with Crippen molar-refractivity contribution in [2.45, 2.75) is 0 Å². The number of anilines is 2. The Hall–Kier alpha value is -3.64. The number of hydrogen-bond donors (Lipinski definition) is 2. The van der Waals surface area contributed by atoms with Gasteiger partial charge in [-0.2, -0.15) is 0 Å². The number of hydrogen-bond acceptors (Lipinski definition) is 8. The van der Waals surface area contributed by atoms with Gasteiger partial charge in [-0.15, -0.1) is 0 Å². The SMILES string of the molecule is O=C(NC(=S)Nc1cccc([N+](=O)[O-])c1)c1cc([N+](=O)[O-])ccc1N1CCOCC1. The third kappa shape index (κ3) is 5.04. The summed E-state index contributed by atoms with van der Waals surface area (Å²) >= 11 is 5.12. The number of amides is 1. The maximum atomic E-state index is 12.8. The number of benzene rings is 2. The zero-order valence-corrected chi connectivity index (χ0v) is 16.4. The van der Waals surface area contributed by atoms with Gasteiger partial charge in [0.2, 0.25) is 0 Å². The van der Waals surface area contributed by atoms with Gasteiger partial charge in [0, 0.05) is 43.0 Å². The van der Waals surface area contributed by atoms with Crippen molar-refractivity contribution < 1.29 is 19.4 Å². The lowest BCUT2D eigenvalue weighted by molar-refractivity contribution is -0.385. The molecule has 2 aromatic rings. The molecule has 1 aliphatic heterocycles. The number of nitrogens with one attached hydrogen (secondary N) is 2.